The number of hydrogen-bond donors (Lipinski definition) is 1. The van der Waals surface area contributed by atoms with E-state index in [0.29, 0.717) is 35.2 Å². The lowest BCUT2D eigenvalue weighted by Gasteiger charge is -2.29. The molecule has 1 aliphatic heterocycles. The summed E-state index contributed by atoms with van der Waals surface area (Å²) in [6, 6.07) is 7.32. The molecule has 1 aliphatic rings. The molecule has 0 spiro atoms. The van der Waals surface area contributed by atoms with Gasteiger partial charge in [0.2, 0.25) is 5.95 Å². The first kappa shape index (κ1) is 19.3. The van der Waals surface area contributed by atoms with E-state index in [0.717, 1.165) is 16.0 Å². The lowest BCUT2D eigenvalue weighted by atomic mass is 10.2. The van der Waals surface area contributed by atoms with E-state index in [-0.39, 0.29) is 11.6 Å². The molecule has 0 radical (unpaired) electrons. The molecule has 1 atom stereocenters. The van der Waals surface area contributed by atoms with Crippen molar-refractivity contribution < 1.29 is 0 Å². The number of benzene rings is 1. The summed E-state index contributed by atoms with van der Waals surface area (Å²) in [6.45, 7) is 5.03. The minimum absolute atomic E-state index is 0.138. The summed E-state index contributed by atoms with van der Waals surface area (Å²) in [5.41, 5.74) is 1.81. The second kappa shape index (κ2) is 7.07. The Morgan fingerprint density at radius 2 is 1.83 bits per heavy atom. The van der Waals surface area contributed by atoms with Gasteiger partial charge in [0, 0.05) is 31.4 Å². The summed E-state index contributed by atoms with van der Waals surface area (Å²) in [6.07, 6.45) is 0. The highest BCUT2D eigenvalue weighted by atomic mass is 35.5. The SMILES string of the molecule is CC1=NN(CCNc2ccc(Cl)cc2)c2nc3c(c(=O)n(C)c(=O)n3C)n2[C@H]1C. The Morgan fingerprint density at radius 3 is 2.52 bits per heavy atom. The maximum atomic E-state index is 12.8. The molecule has 0 saturated heterocycles. The van der Waals surface area contributed by atoms with E-state index in [9.17, 15) is 9.59 Å². The predicted molar refractivity (Wildman–Crippen MR) is 115 cm³/mol. The van der Waals surface area contributed by atoms with E-state index < -0.39 is 5.69 Å². The van der Waals surface area contributed by atoms with Gasteiger partial charge in [-0.15, -0.1) is 0 Å². The van der Waals surface area contributed by atoms with E-state index in [4.69, 9.17) is 11.6 Å². The fourth-order valence-corrected chi connectivity index (χ4v) is 3.61. The average Bonchev–Trinajstić information content (AvgIpc) is 3.11. The number of imidazole rings is 1. The normalized spacial score (nSPS) is 16.1. The fourth-order valence-electron chi connectivity index (χ4n) is 3.48. The fraction of sp³-hybridized carbons (Fsp3) is 0.368. The third-order valence-electron chi connectivity index (χ3n) is 5.27. The van der Waals surface area contributed by atoms with Crippen LogP contribution in [-0.2, 0) is 14.1 Å². The van der Waals surface area contributed by atoms with Crippen LogP contribution in [0.15, 0.2) is 39.0 Å². The van der Waals surface area contributed by atoms with Crippen LogP contribution in [-0.4, -0.2) is 37.5 Å². The van der Waals surface area contributed by atoms with Crippen molar-refractivity contribution >= 4 is 40.1 Å². The van der Waals surface area contributed by atoms with Gasteiger partial charge in [0.1, 0.15) is 0 Å². The molecule has 0 bridgehead atoms. The van der Waals surface area contributed by atoms with Gasteiger partial charge in [0.05, 0.1) is 18.3 Å². The number of hydrogen-bond acceptors (Lipinski definition) is 6. The number of aryl methyl sites for hydroxylation is 1. The van der Waals surface area contributed by atoms with Crippen molar-refractivity contribution in [2.24, 2.45) is 19.2 Å². The quantitative estimate of drug-likeness (QED) is 0.703. The van der Waals surface area contributed by atoms with Crippen LogP contribution in [0.4, 0.5) is 11.6 Å². The van der Waals surface area contributed by atoms with Crippen LogP contribution in [0.5, 0.6) is 0 Å². The van der Waals surface area contributed by atoms with Crippen LogP contribution in [0.2, 0.25) is 5.02 Å². The number of halogens is 1. The molecule has 152 valence electrons. The molecule has 0 aliphatic carbocycles. The van der Waals surface area contributed by atoms with Gasteiger partial charge in [-0.1, -0.05) is 11.6 Å². The lowest BCUT2D eigenvalue weighted by Crippen LogP contribution is -2.39. The molecule has 0 amide bonds. The number of rotatable bonds is 4. The molecule has 10 heteroatoms. The molecular weight excluding hydrogens is 394 g/mol. The van der Waals surface area contributed by atoms with Crippen LogP contribution < -0.4 is 21.6 Å². The number of hydrazone groups is 1. The van der Waals surface area contributed by atoms with Crippen molar-refractivity contribution in [2.45, 2.75) is 19.9 Å². The van der Waals surface area contributed by atoms with Gasteiger partial charge in [0.15, 0.2) is 11.2 Å². The average molecular weight is 416 g/mol. The van der Waals surface area contributed by atoms with Gasteiger partial charge in [-0.3, -0.25) is 18.5 Å². The molecular formula is C19H22ClN7O2. The Balaban J connectivity index is 1.72. The van der Waals surface area contributed by atoms with Crippen molar-refractivity contribution in [1.29, 1.82) is 0 Å². The zero-order valence-corrected chi connectivity index (χ0v) is 17.4. The van der Waals surface area contributed by atoms with Gasteiger partial charge in [-0.05, 0) is 38.1 Å². The largest absolute Gasteiger partial charge is 0.383 e. The summed E-state index contributed by atoms with van der Waals surface area (Å²) in [4.78, 5) is 29.7. The van der Waals surface area contributed by atoms with Gasteiger partial charge in [-0.2, -0.15) is 10.1 Å². The molecule has 4 rings (SSSR count). The van der Waals surface area contributed by atoms with Gasteiger partial charge < -0.3 is 5.32 Å². The van der Waals surface area contributed by atoms with Crippen LogP contribution in [0.25, 0.3) is 11.2 Å². The highest BCUT2D eigenvalue weighted by Gasteiger charge is 2.30. The number of anilines is 2. The Labute approximate surface area is 171 Å². The number of nitrogens with one attached hydrogen (secondary N) is 1. The third-order valence-corrected chi connectivity index (χ3v) is 5.52. The van der Waals surface area contributed by atoms with Gasteiger partial charge in [-0.25, -0.2) is 9.80 Å². The number of aromatic nitrogens is 4. The highest BCUT2D eigenvalue weighted by Crippen LogP contribution is 2.29. The first-order valence-electron chi connectivity index (χ1n) is 9.29. The summed E-state index contributed by atoms with van der Waals surface area (Å²) < 4.78 is 4.37. The Hall–Kier alpha value is -3.07. The van der Waals surface area contributed by atoms with E-state index >= 15 is 0 Å². The number of nitrogens with zero attached hydrogens (tertiary/aromatic N) is 6. The molecule has 0 saturated carbocycles. The van der Waals surface area contributed by atoms with Crippen LogP contribution in [0.3, 0.4) is 0 Å². The van der Waals surface area contributed by atoms with E-state index in [1.165, 1.54) is 11.6 Å². The van der Waals surface area contributed by atoms with Crippen molar-refractivity contribution in [1.82, 2.24) is 18.7 Å². The maximum Gasteiger partial charge on any atom is 0.332 e. The van der Waals surface area contributed by atoms with E-state index in [2.05, 4.69) is 15.4 Å². The molecule has 0 fully saturated rings. The van der Waals surface area contributed by atoms with Crippen LogP contribution in [0.1, 0.15) is 19.9 Å². The lowest BCUT2D eigenvalue weighted by molar-refractivity contribution is 0.638. The first-order chi connectivity index (χ1) is 13.8. The van der Waals surface area contributed by atoms with Crippen molar-refractivity contribution in [3.05, 3.63) is 50.1 Å². The van der Waals surface area contributed by atoms with Crippen molar-refractivity contribution in [3.63, 3.8) is 0 Å². The maximum absolute atomic E-state index is 12.8. The Bertz CT molecular complexity index is 1240. The van der Waals surface area contributed by atoms with Crippen molar-refractivity contribution in [2.75, 3.05) is 23.4 Å². The molecule has 1 N–H and O–H groups in total. The monoisotopic (exact) mass is 415 g/mol. The van der Waals surface area contributed by atoms with Gasteiger partial charge >= 0.3 is 5.69 Å². The minimum Gasteiger partial charge on any atom is -0.383 e. The zero-order chi connectivity index (χ0) is 20.9. The molecule has 3 heterocycles. The summed E-state index contributed by atoms with van der Waals surface area (Å²) in [5.74, 6) is 0.550. The predicted octanol–water partition coefficient (Wildman–Crippen LogP) is 1.96. The molecule has 29 heavy (non-hydrogen) atoms. The highest BCUT2D eigenvalue weighted by molar-refractivity contribution is 6.30. The second-order valence-corrected chi connectivity index (χ2v) is 7.57. The third kappa shape index (κ3) is 3.11. The summed E-state index contributed by atoms with van der Waals surface area (Å²) in [7, 11) is 3.10. The summed E-state index contributed by atoms with van der Waals surface area (Å²) >= 11 is 5.92. The van der Waals surface area contributed by atoms with Crippen molar-refractivity contribution in [3.8, 4) is 0 Å². The Morgan fingerprint density at radius 1 is 1.14 bits per heavy atom. The molecule has 2 aromatic heterocycles. The molecule has 9 nitrogen and oxygen atoms in total. The van der Waals surface area contributed by atoms with Crippen LogP contribution in [0, 0.1) is 0 Å². The molecule has 3 aromatic rings. The van der Waals surface area contributed by atoms with Crippen LogP contribution >= 0.6 is 11.6 Å². The molecule has 1 aromatic carbocycles. The minimum atomic E-state index is -0.404. The first-order valence-corrected chi connectivity index (χ1v) is 9.67. The Kier molecular flexibility index (Phi) is 4.70. The molecule has 0 unspecified atom stereocenters. The smallest absolute Gasteiger partial charge is 0.332 e. The second-order valence-electron chi connectivity index (χ2n) is 7.13. The van der Waals surface area contributed by atoms with Gasteiger partial charge in [0.25, 0.3) is 5.56 Å². The zero-order valence-electron chi connectivity index (χ0n) is 16.7. The van der Waals surface area contributed by atoms with E-state index in [1.54, 1.807) is 12.1 Å². The number of fused-ring (bicyclic) bond motifs is 3. The topological polar surface area (TPSA) is 89.5 Å². The summed E-state index contributed by atoms with van der Waals surface area (Å²) in [5, 5.41) is 10.4. The standard InChI is InChI=1S/C19H22ClN7O2/c1-11-12(2)27-15-16(24(3)19(29)25(4)17(15)28)22-18(27)26(23-11)10-9-21-14-7-5-13(20)6-8-14/h5-8,12,21H,9-10H2,1-4H3/t12-/m0/s1. The van der Waals surface area contributed by atoms with E-state index in [1.807, 2.05) is 42.7 Å².